The van der Waals surface area contributed by atoms with Crippen LogP contribution in [0.3, 0.4) is 0 Å². The van der Waals surface area contributed by atoms with Crippen molar-refractivity contribution in [3.63, 3.8) is 0 Å². The van der Waals surface area contributed by atoms with Crippen molar-refractivity contribution in [3.05, 3.63) is 96.1 Å². The molecule has 0 fully saturated rings. The third-order valence-corrected chi connectivity index (χ3v) is 8.59. The SMILES string of the molecule is CCn1c2ccccc2c2cc(-c3nc4cc(C(=O)NS(=O)(=O)c5ccc(C)cc5)ccc4n3CCO)ccc21. The minimum atomic E-state index is -4.03. The van der Waals surface area contributed by atoms with E-state index >= 15 is 0 Å². The van der Waals surface area contributed by atoms with Crippen molar-refractivity contribution in [2.75, 3.05) is 6.61 Å². The van der Waals surface area contributed by atoms with Crippen LogP contribution in [-0.2, 0) is 23.1 Å². The second-order valence-corrected chi connectivity index (χ2v) is 11.4. The van der Waals surface area contributed by atoms with Gasteiger partial charge in [0, 0.05) is 46.0 Å². The Balaban J connectivity index is 1.41. The molecule has 40 heavy (non-hydrogen) atoms. The number of hydrogen-bond donors (Lipinski definition) is 2. The van der Waals surface area contributed by atoms with Crippen LogP contribution in [0.2, 0.25) is 0 Å². The molecule has 9 heteroatoms. The van der Waals surface area contributed by atoms with E-state index in [1.165, 1.54) is 12.1 Å². The number of benzene rings is 4. The maximum atomic E-state index is 13.0. The highest BCUT2D eigenvalue weighted by atomic mass is 32.2. The van der Waals surface area contributed by atoms with Gasteiger partial charge in [-0.2, -0.15) is 0 Å². The summed E-state index contributed by atoms with van der Waals surface area (Å²) in [6.45, 7) is 5.05. The maximum Gasteiger partial charge on any atom is 0.265 e. The molecule has 4 aromatic carbocycles. The van der Waals surface area contributed by atoms with Gasteiger partial charge in [0.05, 0.1) is 22.5 Å². The highest BCUT2D eigenvalue weighted by molar-refractivity contribution is 7.90. The lowest BCUT2D eigenvalue weighted by atomic mass is 10.1. The van der Waals surface area contributed by atoms with E-state index < -0.39 is 15.9 Å². The summed E-state index contributed by atoms with van der Waals surface area (Å²) in [7, 11) is -4.03. The van der Waals surface area contributed by atoms with Crippen molar-refractivity contribution in [2.24, 2.45) is 0 Å². The van der Waals surface area contributed by atoms with E-state index in [2.05, 4.69) is 40.5 Å². The van der Waals surface area contributed by atoms with Gasteiger partial charge >= 0.3 is 0 Å². The zero-order valence-electron chi connectivity index (χ0n) is 22.1. The van der Waals surface area contributed by atoms with E-state index in [0.29, 0.717) is 17.9 Å². The topological polar surface area (TPSA) is 106 Å². The molecule has 2 aromatic heterocycles. The molecule has 0 spiro atoms. The number of amides is 1. The van der Waals surface area contributed by atoms with Crippen molar-refractivity contribution in [1.29, 1.82) is 0 Å². The van der Waals surface area contributed by atoms with E-state index in [4.69, 9.17) is 4.98 Å². The number of aliphatic hydroxyl groups excluding tert-OH is 1. The Kier molecular flexibility index (Phi) is 6.40. The Labute approximate surface area is 231 Å². The summed E-state index contributed by atoms with van der Waals surface area (Å²) in [6.07, 6.45) is 0. The summed E-state index contributed by atoms with van der Waals surface area (Å²) < 4.78 is 31.9. The normalized spacial score (nSPS) is 12.0. The fourth-order valence-corrected chi connectivity index (χ4v) is 6.28. The number of aromatic nitrogens is 3. The molecule has 202 valence electrons. The van der Waals surface area contributed by atoms with Gasteiger partial charge in [-0.05, 0) is 68.4 Å². The van der Waals surface area contributed by atoms with Crippen LogP contribution in [0.25, 0.3) is 44.2 Å². The predicted molar refractivity (Wildman–Crippen MR) is 157 cm³/mol. The lowest BCUT2D eigenvalue weighted by molar-refractivity contribution is 0.0981. The maximum absolute atomic E-state index is 13.0. The molecule has 6 rings (SSSR count). The minimum Gasteiger partial charge on any atom is -0.395 e. The van der Waals surface area contributed by atoms with E-state index in [9.17, 15) is 18.3 Å². The molecule has 0 saturated heterocycles. The first kappa shape index (κ1) is 25.8. The van der Waals surface area contributed by atoms with Crippen LogP contribution in [0.15, 0.2) is 89.8 Å². The number of hydrogen-bond acceptors (Lipinski definition) is 5. The highest BCUT2D eigenvalue weighted by Gasteiger charge is 2.21. The van der Waals surface area contributed by atoms with Crippen LogP contribution >= 0.6 is 0 Å². The highest BCUT2D eigenvalue weighted by Crippen LogP contribution is 2.33. The Bertz CT molecular complexity index is 2020. The smallest absolute Gasteiger partial charge is 0.265 e. The summed E-state index contributed by atoms with van der Waals surface area (Å²) >= 11 is 0. The van der Waals surface area contributed by atoms with Crippen molar-refractivity contribution >= 4 is 48.8 Å². The van der Waals surface area contributed by atoms with Gasteiger partial charge in [-0.15, -0.1) is 0 Å². The predicted octanol–water partition coefficient (Wildman–Crippen LogP) is 5.25. The minimum absolute atomic E-state index is 0.0156. The molecule has 0 aliphatic carbocycles. The number of carbonyl (C=O) groups excluding carboxylic acids is 1. The quantitative estimate of drug-likeness (QED) is 0.281. The molecular formula is C31H28N4O4S. The molecule has 0 unspecified atom stereocenters. The zero-order valence-corrected chi connectivity index (χ0v) is 22.9. The number of nitrogens with zero attached hydrogens (tertiary/aromatic N) is 3. The number of aliphatic hydroxyl groups is 1. The first-order valence-electron chi connectivity index (χ1n) is 13.1. The molecule has 0 saturated carbocycles. The van der Waals surface area contributed by atoms with Crippen LogP contribution in [-0.4, -0.2) is 40.2 Å². The van der Waals surface area contributed by atoms with Gasteiger partial charge in [0.2, 0.25) is 0 Å². The molecule has 0 radical (unpaired) electrons. The summed E-state index contributed by atoms with van der Waals surface area (Å²) in [4.78, 5) is 17.8. The standard InChI is InChI=1S/C31H28N4O4S/c1-3-34-27-7-5-4-6-24(27)25-18-21(10-14-28(25)34)30-32-26-19-22(11-15-29(26)35(30)16-17-36)31(37)33-40(38,39)23-12-8-20(2)9-13-23/h4-15,18-19,36H,3,16-17H2,1-2H3,(H,33,37). The van der Waals surface area contributed by atoms with Crippen molar-refractivity contribution < 1.29 is 18.3 Å². The van der Waals surface area contributed by atoms with Crippen molar-refractivity contribution in [3.8, 4) is 11.4 Å². The number of fused-ring (bicyclic) bond motifs is 4. The van der Waals surface area contributed by atoms with Gasteiger partial charge in [0.15, 0.2) is 0 Å². The first-order valence-corrected chi connectivity index (χ1v) is 14.6. The molecule has 6 aromatic rings. The molecule has 1 amide bonds. The Morgan fingerprint density at radius 2 is 1.60 bits per heavy atom. The molecule has 0 aliphatic heterocycles. The molecule has 0 bridgehead atoms. The summed E-state index contributed by atoms with van der Waals surface area (Å²) in [6, 6.07) is 25.7. The monoisotopic (exact) mass is 552 g/mol. The van der Waals surface area contributed by atoms with E-state index in [0.717, 1.165) is 45.0 Å². The number of aryl methyl sites for hydroxylation is 2. The average molecular weight is 553 g/mol. The largest absolute Gasteiger partial charge is 0.395 e. The van der Waals surface area contributed by atoms with Crippen LogP contribution < -0.4 is 4.72 Å². The molecule has 0 atom stereocenters. The third kappa shape index (κ3) is 4.33. The lowest BCUT2D eigenvalue weighted by Gasteiger charge is -2.09. The van der Waals surface area contributed by atoms with Gasteiger partial charge in [-0.25, -0.2) is 18.1 Å². The zero-order chi connectivity index (χ0) is 28.0. The Hall–Kier alpha value is -4.47. The van der Waals surface area contributed by atoms with Crippen LogP contribution in [0.5, 0.6) is 0 Å². The van der Waals surface area contributed by atoms with Gasteiger partial charge < -0.3 is 14.2 Å². The fraction of sp³-hybridized carbons (Fsp3) is 0.161. The van der Waals surface area contributed by atoms with Gasteiger partial charge in [0.25, 0.3) is 15.9 Å². The number of imidazole rings is 1. The summed E-state index contributed by atoms with van der Waals surface area (Å²) in [5.41, 5.74) is 5.52. The van der Waals surface area contributed by atoms with E-state index in [1.54, 1.807) is 30.3 Å². The van der Waals surface area contributed by atoms with Crippen molar-refractivity contribution in [2.45, 2.75) is 31.8 Å². The van der Waals surface area contributed by atoms with E-state index in [-0.39, 0.29) is 17.1 Å². The third-order valence-electron chi connectivity index (χ3n) is 7.24. The van der Waals surface area contributed by atoms with E-state index in [1.807, 2.05) is 29.7 Å². The second-order valence-electron chi connectivity index (χ2n) is 9.76. The van der Waals surface area contributed by atoms with Crippen LogP contribution in [0.4, 0.5) is 0 Å². The second kappa shape index (κ2) is 9.93. The molecule has 2 N–H and O–H groups in total. The number of sulfonamides is 1. The fourth-order valence-electron chi connectivity index (χ4n) is 5.31. The average Bonchev–Trinajstić information content (AvgIpc) is 3.47. The molecule has 8 nitrogen and oxygen atoms in total. The Morgan fingerprint density at radius 1 is 0.875 bits per heavy atom. The number of rotatable bonds is 7. The Morgan fingerprint density at radius 3 is 2.35 bits per heavy atom. The van der Waals surface area contributed by atoms with Crippen molar-refractivity contribution in [1.82, 2.24) is 18.8 Å². The van der Waals surface area contributed by atoms with Crippen LogP contribution in [0, 0.1) is 6.92 Å². The summed E-state index contributed by atoms with van der Waals surface area (Å²) in [5, 5.41) is 12.1. The van der Waals surface area contributed by atoms with Gasteiger partial charge in [-0.1, -0.05) is 35.9 Å². The van der Waals surface area contributed by atoms with Crippen LogP contribution in [0.1, 0.15) is 22.8 Å². The first-order chi connectivity index (χ1) is 19.3. The van der Waals surface area contributed by atoms with Gasteiger partial charge in [0.1, 0.15) is 5.82 Å². The number of para-hydroxylation sites is 1. The number of carbonyl (C=O) groups is 1. The molecule has 0 aliphatic rings. The van der Waals surface area contributed by atoms with Gasteiger partial charge in [-0.3, -0.25) is 4.79 Å². The number of nitrogens with one attached hydrogen (secondary N) is 1. The molecular weight excluding hydrogens is 524 g/mol. The summed E-state index contributed by atoms with van der Waals surface area (Å²) in [5.74, 6) is -0.0846. The molecule has 2 heterocycles. The lowest BCUT2D eigenvalue weighted by Crippen LogP contribution is -2.30.